The number of hydrogen-bond donors (Lipinski definition) is 2. The largest absolute Gasteiger partial charge is 0.491 e. The summed E-state index contributed by atoms with van der Waals surface area (Å²) in [6, 6.07) is 9.14. The number of ether oxygens (including phenoxy) is 1. The number of nitrogens with one attached hydrogen (secondary N) is 2. The van der Waals surface area contributed by atoms with Crippen LogP contribution >= 0.6 is 23.6 Å². The van der Waals surface area contributed by atoms with E-state index < -0.39 is 0 Å². The number of hydrogen-bond acceptors (Lipinski definition) is 5. The highest BCUT2D eigenvalue weighted by Crippen LogP contribution is 2.38. The summed E-state index contributed by atoms with van der Waals surface area (Å²) in [5.74, 6) is 0.408. The van der Waals surface area contributed by atoms with Crippen LogP contribution in [-0.2, 0) is 12.8 Å². The second-order valence-electron chi connectivity index (χ2n) is 6.27. The van der Waals surface area contributed by atoms with Gasteiger partial charge in [-0.15, -0.1) is 11.3 Å². The summed E-state index contributed by atoms with van der Waals surface area (Å²) in [5, 5.41) is 16.0. The topological polar surface area (TPSA) is 74.2 Å². The molecule has 0 saturated heterocycles. The zero-order valence-electron chi connectivity index (χ0n) is 14.6. The number of rotatable bonds is 4. The van der Waals surface area contributed by atoms with Crippen LogP contribution in [-0.4, -0.2) is 17.1 Å². The molecule has 2 aromatic rings. The van der Waals surface area contributed by atoms with Crippen molar-refractivity contribution >= 4 is 39.6 Å². The van der Waals surface area contributed by atoms with E-state index >= 15 is 0 Å². The average molecular weight is 386 g/mol. The van der Waals surface area contributed by atoms with Crippen LogP contribution in [0.4, 0.5) is 5.00 Å². The van der Waals surface area contributed by atoms with Crippen molar-refractivity contribution in [1.82, 2.24) is 5.32 Å². The normalized spacial score (nSPS) is 12.4. The number of nitriles is 1. The van der Waals surface area contributed by atoms with Crippen LogP contribution < -0.4 is 15.4 Å². The van der Waals surface area contributed by atoms with Crippen LogP contribution in [0.5, 0.6) is 5.75 Å². The van der Waals surface area contributed by atoms with E-state index in [1.54, 1.807) is 35.6 Å². The predicted octanol–water partition coefficient (Wildman–Crippen LogP) is 4.02. The quantitative estimate of drug-likeness (QED) is 0.778. The Morgan fingerprint density at radius 3 is 2.69 bits per heavy atom. The maximum absolute atomic E-state index is 12.3. The number of amides is 1. The van der Waals surface area contributed by atoms with Gasteiger partial charge in [-0.3, -0.25) is 10.1 Å². The van der Waals surface area contributed by atoms with Crippen molar-refractivity contribution in [3.63, 3.8) is 0 Å². The standard InChI is InChI=1S/C19H19N3O2S2/c1-11(2)24-13-8-6-12(7-9-13)17(23)21-19(25)22-18-15(10-20)14-4-3-5-16(14)26-18/h6-9,11H,3-5H2,1-2H3,(H2,21,22,23,25). The minimum absolute atomic E-state index is 0.0770. The molecule has 0 fully saturated rings. The lowest BCUT2D eigenvalue weighted by Gasteiger charge is -2.11. The van der Waals surface area contributed by atoms with E-state index in [9.17, 15) is 10.1 Å². The summed E-state index contributed by atoms with van der Waals surface area (Å²) >= 11 is 6.78. The molecule has 0 spiro atoms. The maximum Gasteiger partial charge on any atom is 0.257 e. The van der Waals surface area contributed by atoms with Gasteiger partial charge in [0.2, 0.25) is 0 Å². The number of aryl methyl sites for hydroxylation is 1. The van der Waals surface area contributed by atoms with Crippen LogP contribution in [0, 0.1) is 11.3 Å². The molecule has 1 aliphatic rings. The van der Waals surface area contributed by atoms with Gasteiger partial charge in [0, 0.05) is 10.4 Å². The van der Waals surface area contributed by atoms with E-state index in [4.69, 9.17) is 17.0 Å². The van der Waals surface area contributed by atoms with Gasteiger partial charge in [-0.2, -0.15) is 5.26 Å². The molecule has 134 valence electrons. The molecule has 0 bridgehead atoms. The molecule has 1 heterocycles. The van der Waals surface area contributed by atoms with E-state index in [-0.39, 0.29) is 17.1 Å². The smallest absolute Gasteiger partial charge is 0.257 e. The highest BCUT2D eigenvalue weighted by molar-refractivity contribution is 7.80. The Bertz CT molecular complexity index is 879. The molecule has 0 saturated carbocycles. The predicted molar refractivity (Wildman–Crippen MR) is 107 cm³/mol. The Hall–Kier alpha value is -2.43. The average Bonchev–Trinajstić information content (AvgIpc) is 3.15. The zero-order chi connectivity index (χ0) is 18.7. The Balaban J connectivity index is 1.63. The molecule has 7 heteroatoms. The number of anilines is 1. The van der Waals surface area contributed by atoms with Gasteiger partial charge in [-0.25, -0.2) is 0 Å². The molecule has 26 heavy (non-hydrogen) atoms. The first kappa shape index (κ1) is 18.4. The van der Waals surface area contributed by atoms with E-state index in [0.29, 0.717) is 21.9 Å². The minimum atomic E-state index is -0.304. The molecule has 0 radical (unpaired) electrons. The van der Waals surface area contributed by atoms with Crippen LogP contribution in [0.3, 0.4) is 0 Å². The van der Waals surface area contributed by atoms with Crippen molar-refractivity contribution < 1.29 is 9.53 Å². The first-order chi connectivity index (χ1) is 12.5. The summed E-state index contributed by atoms with van der Waals surface area (Å²) in [4.78, 5) is 13.6. The van der Waals surface area contributed by atoms with Crippen molar-refractivity contribution in [3.05, 3.63) is 45.8 Å². The van der Waals surface area contributed by atoms with Crippen molar-refractivity contribution in [2.24, 2.45) is 0 Å². The van der Waals surface area contributed by atoms with Crippen molar-refractivity contribution in [2.75, 3.05) is 5.32 Å². The van der Waals surface area contributed by atoms with Crippen molar-refractivity contribution in [2.45, 2.75) is 39.2 Å². The number of carbonyl (C=O) groups excluding carboxylic acids is 1. The third-order valence-electron chi connectivity index (χ3n) is 3.98. The van der Waals surface area contributed by atoms with Gasteiger partial charge in [0.1, 0.15) is 16.8 Å². The van der Waals surface area contributed by atoms with Crippen LogP contribution in [0.2, 0.25) is 0 Å². The van der Waals surface area contributed by atoms with Crippen LogP contribution in [0.15, 0.2) is 24.3 Å². The first-order valence-electron chi connectivity index (χ1n) is 8.41. The fourth-order valence-electron chi connectivity index (χ4n) is 2.88. The Kier molecular flexibility index (Phi) is 5.55. The van der Waals surface area contributed by atoms with Crippen molar-refractivity contribution in [1.29, 1.82) is 5.26 Å². The van der Waals surface area contributed by atoms with E-state index in [0.717, 1.165) is 24.8 Å². The molecule has 2 N–H and O–H groups in total. The Morgan fingerprint density at radius 1 is 1.31 bits per heavy atom. The maximum atomic E-state index is 12.3. The molecule has 1 aromatic carbocycles. The molecular weight excluding hydrogens is 366 g/mol. The Labute approximate surface area is 162 Å². The minimum Gasteiger partial charge on any atom is -0.491 e. The van der Waals surface area contributed by atoms with Crippen LogP contribution in [0.1, 0.15) is 46.6 Å². The molecule has 1 aromatic heterocycles. The van der Waals surface area contributed by atoms with Gasteiger partial charge in [0.05, 0.1) is 11.7 Å². The number of thiophene rings is 1. The van der Waals surface area contributed by atoms with Gasteiger partial charge in [-0.05, 0) is 75.2 Å². The van der Waals surface area contributed by atoms with Gasteiger partial charge in [0.15, 0.2) is 5.11 Å². The summed E-state index contributed by atoms with van der Waals surface area (Å²) in [5.41, 5.74) is 2.25. The van der Waals surface area contributed by atoms with Crippen molar-refractivity contribution in [3.8, 4) is 11.8 Å². The number of benzene rings is 1. The lowest BCUT2D eigenvalue weighted by molar-refractivity contribution is 0.0977. The molecular formula is C19H19N3O2S2. The summed E-state index contributed by atoms with van der Waals surface area (Å²) in [6.07, 6.45) is 3.10. The Morgan fingerprint density at radius 2 is 2.04 bits per heavy atom. The second-order valence-corrected chi connectivity index (χ2v) is 7.79. The molecule has 5 nitrogen and oxygen atoms in total. The first-order valence-corrected chi connectivity index (χ1v) is 9.64. The number of thiocarbonyl (C=S) groups is 1. The summed E-state index contributed by atoms with van der Waals surface area (Å²) < 4.78 is 5.57. The number of fused-ring (bicyclic) bond motifs is 1. The molecule has 0 aliphatic heterocycles. The fourth-order valence-corrected chi connectivity index (χ4v) is 4.38. The molecule has 3 rings (SSSR count). The van der Waals surface area contributed by atoms with E-state index in [1.165, 1.54) is 4.88 Å². The second kappa shape index (κ2) is 7.85. The zero-order valence-corrected chi connectivity index (χ0v) is 16.2. The van der Waals surface area contributed by atoms with Gasteiger partial charge < -0.3 is 10.1 Å². The van der Waals surface area contributed by atoms with Gasteiger partial charge in [-0.1, -0.05) is 0 Å². The molecule has 1 amide bonds. The SMILES string of the molecule is CC(C)Oc1ccc(C(=O)NC(=S)Nc2sc3c(c2C#N)CCC3)cc1. The lowest BCUT2D eigenvalue weighted by Crippen LogP contribution is -2.34. The van der Waals surface area contributed by atoms with Gasteiger partial charge in [0.25, 0.3) is 5.91 Å². The lowest BCUT2D eigenvalue weighted by atomic mass is 10.1. The van der Waals surface area contributed by atoms with E-state index in [2.05, 4.69) is 16.7 Å². The monoisotopic (exact) mass is 385 g/mol. The molecule has 0 unspecified atom stereocenters. The fraction of sp³-hybridized carbons (Fsp3) is 0.316. The third kappa shape index (κ3) is 4.03. The molecule has 1 aliphatic carbocycles. The van der Waals surface area contributed by atoms with Gasteiger partial charge >= 0.3 is 0 Å². The summed E-state index contributed by atoms with van der Waals surface area (Å²) in [6.45, 7) is 3.89. The van der Waals surface area contributed by atoms with E-state index in [1.807, 2.05) is 13.8 Å². The number of carbonyl (C=O) groups is 1. The highest BCUT2D eigenvalue weighted by Gasteiger charge is 2.22. The summed E-state index contributed by atoms with van der Waals surface area (Å²) in [7, 11) is 0. The third-order valence-corrected chi connectivity index (χ3v) is 5.39. The highest BCUT2D eigenvalue weighted by atomic mass is 32.1. The molecule has 0 atom stereocenters. The van der Waals surface area contributed by atoms with Crippen LogP contribution in [0.25, 0.3) is 0 Å². The number of nitrogens with zero attached hydrogens (tertiary/aromatic N) is 1.